The van der Waals surface area contributed by atoms with Gasteiger partial charge in [-0.15, -0.1) is 0 Å². The first-order chi connectivity index (χ1) is 7.16. The molecule has 0 heterocycles. The summed E-state index contributed by atoms with van der Waals surface area (Å²) in [6.07, 6.45) is 5.92. The van der Waals surface area contributed by atoms with E-state index < -0.39 is 0 Å². The number of rotatable bonds is 3. The molecule has 3 rings (SSSR count). The highest BCUT2D eigenvalue weighted by molar-refractivity contribution is 6.31. The summed E-state index contributed by atoms with van der Waals surface area (Å²) in [6.45, 7) is 0. The van der Waals surface area contributed by atoms with Crippen LogP contribution in [0.25, 0.3) is 0 Å². The predicted octanol–water partition coefficient (Wildman–Crippen LogP) is 3.25. The van der Waals surface area contributed by atoms with Crippen LogP contribution in [-0.2, 0) is 6.42 Å². The van der Waals surface area contributed by atoms with Crippen LogP contribution < -0.4 is 5.73 Å². The quantitative estimate of drug-likeness (QED) is 0.833. The molecular formula is C13H16ClN. The van der Waals surface area contributed by atoms with Crippen molar-refractivity contribution < 1.29 is 0 Å². The average molecular weight is 222 g/mol. The van der Waals surface area contributed by atoms with Gasteiger partial charge in [-0.3, -0.25) is 0 Å². The Balaban J connectivity index is 1.81. The summed E-state index contributed by atoms with van der Waals surface area (Å²) in [5.41, 5.74) is 8.81. The lowest BCUT2D eigenvalue weighted by atomic mass is 10.0. The third-order valence-electron chi connectivity index (χ3n) is 3.53. The van der Waals surface area contributed by atoms with E-state index in [0.717, 1.165) is 30.2 Å². The van der Waals surface area contributed by atoms with Crippen LogP contribution in [0.15, 0.2) is 18.2 Å². The number of halogens is 1. The monoisotopic (exact) mass is 221 g/mol. The van der Waals surface area contributed by atoms with Crippen LogP contribution in [0.1, 0.15) is 42.7 Å². The Kier molecular flexibility index (Phi) is 2.08. The van der Waals surface area contributed by atoms with E-state index in [9.17, 15) is 0 Å². The molecule has 0 radical (unpaired) electrons. The fraction of sp³-hybridized carbons (Fsp3) is 0.538. The molecular weight excluding hydrogens is 206 g/mol. The van der Waals surface area contributed by atoms with Gasteiger partial charge in [-0.05, 0) is 55.2 Å². The smallest absolute Gasteiger partial charge is 0.0443 e. The zero-order valence-corrected chi connectivity index (χ0v) is 9.56. The second-order valence-electron chi connectivity index (χ2n) is 5.17. The summed E-state index contributed by atoms with van der Waals surface area (Å²) >= 11 is 6.27. The molecule has 0 aliphatic heterocycles. The van der Waals surface area contributed by atoms with Gasteiger partial charge in [0.05, 0.1) is 0 Å². The van der Waals surface area contributed by atoms with Crippen molar-refractivity contribution in [1.29, 1.82) is 0 Å². The second kappa shape index (κ2) is 3.23. The molecule has 2 aliphatic rings. The molecule has 80 valence electrons. The maximum Gasteiger partial charge on any atom is 0.0443 e. The summed E-state index contributed by atoms with van der Waals surface area (Å²) in [6, 6.07) is 6.51. The van der Waals surface area contributed by atoms with Crippen molar-refractivity contribution in [1.82, 2.24) is 0 Å². The topological polar surface area (TPSA) is 26.0 Å². The second-order valence-corrected chi connectivity index (χ2v) is 5.58. The summed E-state index contributed by atoms with van der Waals surface area (Å²) < 4.78 is 0. The number of benzene rings is 1. The van der Waals surface area contributed by atoms with Gasteiger partial charge in [0.2, 0.25) is 0 Å². The van der Waals surface area contributed by atoms with Crippen molar-refractivity contribution >= 4 is 11.6 Å². The normalized spacial score (nSPS) is 22.8. The summed E-state index contributed by atoms with van der Waals surface area (Å²) in [7, 11) is 0. The highest BCUT2D eigenvalue weighted by Gasteiger charge is 2.38. The molecule has 0 amide bonds. The lowest BCUT2D eigenvalue weighted by Crippen LogP contribution is -2.24. The number of nitrogens with two attached hydrogens (primary N) is 1. The molecule has 15 heavy (non-hydrogen) atoms. The SMILES string of the molecule is NC1(Cc2ccc(C3CC3)c(Cl)c2)CC1. The first-order valence-corrected chi connectivity index (χ1v) is 6.11. The van der Waals surface area contributed by atoms with Gasteiger partial charge >= 0.3 is 0 Å². The van der Waals surface area contributed by atoms with Crippen molar-refractivity contribution in [3.8, 4) is 0 Å². The maximum atomic E-state index is 6.27. The molecule has 0 unspecified atom stereocenters. The average Bonchev–Trinajstić information content (AvgIpc) is 3.03. The van der Waals surface area contributed by atoms with E-state index in [1.807, 2.05) is 0 Å². The van der Waals surface area contributed by atoms with Crippen molar-refractivity contribution in [2.24, 2.45) is 5.73 Å². The van der Waals surface area contributed by atoms with E-state index in [0.29, 0.717) is 0 Å². The Labute approximate surface area is 95.6 Å². The third-order valence-corrected chi connectivity index (χ3v) is 3.86. The Morgan fingerprint density at radius 2 is 2.07 bits per heavy atom. The van der Waals surface area contributed by atoms with E-state index in [2.05, 4.69) is 18.2 Å². The zero-order chi connectivity index (χ0) is 10.5. The Bertz CT molecular complexity index is 392. The molecule has 0 aromatic heterocycles. The Morgan fingerprint density at radius 1 is 1.33 bits per heavy atom. The molecule has 2 saturated carbocycles. The van der Waals surface area contributed by atoms with Crippen LogP contribution in [-0.4, -0.2) is 5.54 Å². The Hall–Kier alpha value is -0.530. The van der Waals surface area contributed by atoms with Gasteiger partial charge < -0.3 is 5.73 Å². The molecule has 1 aromatic carbocycles. The van der Waals surface area contributed by atoms with E-state index in [4.69, 9.17) is 17.3 Å². The molecule has 2 N–H and O–H groups in total. The summed E-state index contributed by atoms with van der Waals surface area (Å²) in [5.74, 6) is 0.735. The van der Waals surface area contributed by atoms with E-state index in [-0.39, 0.29) is 5.54 Å². The van der Waals surface area contributed by atoms with E-state index in [1.54, 1.807) is 0 Å². The van der Waals surface area contributed by atoms with E-state index in [1.165, 1.54) is 24.0 Å². The number of hydrogen-bond acceptors (Lipinski definition) is 1. The lowest BCUT2D eigenvalue weighted by Gasteiger charge is -2.10. The van der Waals surface area contributed by atoms with Crippen LogP contribution in [0.2, 0.25) is 5.02 Å². The van der Waals surface area contributed by atoms with Crippen molar-refractivity contribution in [3.05, 3.63) is 34.3 Å². The van der Waals surface area contributed by atoms with Gasteiger partial charge in [0.25, 0.3) is 0 Å². The fourth-order valence-corrected chi connectivity index (χ4v) is 2.51. The third kappa shape index (κ3) is 2.04. The Morgan fingerprint density at radius 3 is 2.60 bits per heavy atom. The lowest BCUT2D eigenvalue weighted by molar-refractivity contribution is 0.672. The van der Waals surface area contributed by atoms with Gasteiger partial charge in [0.1, 0.15) is 0 Å². The highest BCUT2D eigenvalue weighted by atomic mass is 35.5. The van der Waals surface area contributed by atoms with Crippen LogP contribution >= 0.6 is 11.6 Å². The maximum absolute atomic E-state index is 6.27. The molecule has 0 bridgehead atoms. The predicted molar refractivity (Wildman–Crippen MR) is 63.3 cm³/mol. The molecule has 2 aliphatic carbocycles. The molecule has 0 spiro atoms. The standard InChI is InChI=1S/C13H16ClN/c14-12-7-9(8-13(15)5-6-13)1-4-11(12)10-2-3-10/h1,4,7,10H,2-3,5-6,8,15H2. The van der Waals surface area contributed by atoms with Crippen LogP contribution in [0.3, 0.4) is 0 Å². The van der Waals surface area contributed by atoms with E-state index >= 15 is 0 Å². The van der Waals surface area contributed by atoms with Crippen LogP contribution in [0, 0.1) is 0 Å². The van der Waals surface area contributed by atoms with Gasteiger partial charge in [-0.2, -0.15) is 0 Å². The summed E-state index contributed by atoms with van der Waals surface area (Å²) in [4.78, 5) is 0. The molecule has 2 heteroatoms. The molecule has 0 atom stereocenters. The zero-order valence-electron chi connectivity index (χ0n) is 8.80. The van der Waals surface area contributed by atoms with Gasteiger partial charge in [0, 0.05) is 10.6 Å². The highest BCUT2D eigenvalue weighted by Crippen LogP contribution is 2.44. The molecule has 0 saturated heterocycles. The molecule has 1 aromatic rings. The number of hydrogen-bond donors (Lipinski definition) is 1. The van der Waals surface area contributed by atoms with Crippen molar-refractivity contribution in [2.75, 3.05) is 0 Å². The minimum Gasteiger partial charge on any atom is -0.325 e. The largest absolute Gasteiger partial charge is 0.325 e. The van der Waals surface area contributed by atoms with Gasteiger partial charge in [-0.25, -0.2) is 0 Å². The van der Waals surface area contributed by atoms with Crippen molar-refractivity contribution in [2.45, 2.75) is 43.6 Å². The van der Waals surface area contributed by atoms with Crippen LogP contribution in [0.4, 0.5) is 0 Å². The molecule has 1 nitrogen and oxygen atoms in total. The minimum atomic E-state index is 0.0877. The van der Waals surface area contributed by atoms with Crippen molar-refractivity contribution in [3.63, 3.8) is 0 Å². The summed E-state index contributed by atoms with van der Waals surface area (Å²) in [5, 5.41) is 0.944. The van der Waals surface area contributed by atoms with Gasteiger partial charge in [-0.1, -0.05) is 23.7 Å². The fourth-order valence-electron chi connectivity index (χ4n) is 2.15. The first kappa shape index (κ1) is 9.68. The first-order valence-electron chi connectivity index (χ1n) is 5.74. The minimum absolute atomic E-state index is 0.0877. The van der Waals surface area contributed by atoms with Gasteiger partial charge in [0.15, 0.2) is 0 Å². The molecule has 2 fully saturated rings. The van der Waals surface area contributed by atoms with Crippen LogP contribution in [0.5, 0.6) is 0 Å².